The zero-order chi connectivity index (χ0) is 13.0. The molecule has 1 aliphatic carbocycles. The van der Waals surface area contributed by atoms with E-state index in [1.807, 2.05) is 38.2 Å². The third-order valence-electron chi connectivity index (χ3n) is 3.63. The smallest absolute Gasteiger partial charge is 0.321 e. The van der Waals surface area contributed by atoms with Gasteiger partial charge in [-0.1, -0.05) is 31.4 Å². The average Bonchev–Trinajstić information content (AvgIpc) is 2.39. The highest BCUT2D eigenvalue weighted by atomic mass is 16.2. The van der Waals surface area contributed by atoms with Crippen molar-refractivity contribution in [3.05, 3.63) is 29.8 Å². The molecule has 1 N–H and O–H groups in total. The molecule has 2 amide bonds. The second kappa shape index (κ2) is 5.89. The first-order chi connectivity index (χ1) is 8.66. The molecule has 0 aromatic heterocycles. The van der Waals surface area contributed by atoms with Gasteiger partial charge in [0.1, 0.15) is 0 Å². The summed E-state index contributed by atoms with van der Waals surface area (Å²) in [5, 5.41) is 3.12. The maximum atomic E-state index is 12.1. The molecule has 0 atom stereocenters. The summed E-state index contributed by atoms with van der Waals surface area (Å²) in [6.07, 6.45) is 6.01. The fraction of sp³-hybridized carbons (Fsp3) is 0.533. The molecule has 0 saturated heterocycles. The summed E-state index contributed by atoms with van der Waals surface area (Å²) in [7, 11) is 1.83. The molecule has 1 aliphatic rings. The monoisotopic (exact) mass is 246 g/mol. The summed E-state index contributed by atoms with van der Waals surface area (Å²) in [6.45, 7) is 2.04. The molecule has 1 aromatic rings. The standard InChI is InChI=1S/C15H22N2O/c1-12-7-6-10-14(11-12)17(2)15(18)16-13-8-4-3-5-9-13/h6-7,10-11,13H,3-5,8-9H2,1-2H3,(H,16,18). The Morgan fingerprint density at radius 1 is 1.28 bits per heavy atom. The van der Waals surface area contributed by atoms with Crippen LogP contribution in [0.2, 0.25) is 0 Å². The summed E-state index contributed by atoms with van der Waals surface area (Å²) >= 11 is 0. The van der Waals surface area contributed by atoms with Gasteiger partial charge in [0.25, 0.3) is 0 Å². The number of amides is 2. The first kappa shape index (κ1) is 12.9. The lowest BCUT2D eigenvalue weighted by atomic mass is 9.96. The van der Waals surface area contributed by atoms with Crippen LogP contribution >= 0.6 is 0 Å². The van der Waals surface area contributed by atoms with Crippen molar-refractivity contribution in [2.75, 3.05) is 11.9 Å². The van der Waals surface area contributed by atoms with E-state index in [1.165, 1.54) is 24.8 Å². The molecule has 18 heavy (non-hydrogen) atoms. The van der Waals surface area contributed by atoms with Gasteiger partial charge < -0.3 is 5.32 Å². The maximum Gasteiger partial charge on any atom is 0.321 e. The van der Waals surface area contributed by atoms with E-state index in [4.69, 9.17) is 0 Å². The Hall–Kier alpha value is -1.51. The quantitative estimate of drug-likeness (QED) is 0.851. The van der Waals surface area contributed by atoms with Crippen LogP contribution in [-0.4, -0.2) is 19.1 Å². The first-order valence-corrected chi connectivity index (χ1v) is 6.78. The molecular weight excluding hydrogens is 224 g/mol. The molecule has 0 heterocycles. The molecule has 3 nitrogen and oxygen atoms in total. The molecular formula is C15H22N2O. The van der Waals surface area contributed by atoms with Crippen molar-refractivity contribution in [1.82, 2.24) is 5.32 Å². The van der Waals surface area contributed by atoms with Crippen LogP contribution in [0.15, 0.2) is 24.3 Å². The molecule has 0 unspecified atom stereocenters. The number of aryl methyl sites for hydroxylation is 1. The minimum Gasteiger partial charge on any atom is -0.335 e. The third-order valence-corrected chi connectivity index (χ3v) is 3.63. The normalized spacial score (nSPS) is 16.3. The van der Waals surface area contributed by atoms with E-state index >= 15 is 0 Å². The van der Waals surface area contributed by atoms with E-state index in [1.54, 1.807) is 4.90 Å². The number of hydrogen-bond acceptors (Lipinski definition) is 1. The zero-order valence-electron chi connectivity index (χ0n) is 11.3. The fourth-order valence-electron chi connectivity index (χ4n) is 2.47. The molecule has 3 heteroatoms. The van der Waals surface area contributed by atoms with Crippen molar-refractivity contribution in [2.24, 2.45) is 0 Å². The Morgan fingerprint density at radius 2 is 2.00 bits per heavy atom. The van der Waals surface area contributed by atoms with E-state index in [-0.39, 0.29) is 6.03 Å². The van der Waals surface area contributed by atoms with E-state index in [2.05, 4.69) is 5.32 Å². The van der Waals surface area contributed by atoms with Crippen molar-refractivity contribution in [2.45, 2.75) is 45.1 Å². The summed E-state index contributed by atoms with van der Waals surface area (Å²) < 4.78 is 0. The Balaban J connectivity index is 1.95. The molecule has 0 aliphatic heterocycles. The minimum atomic E-state index is 0.00694. The van der Waals surface area contributed by atoms with Crippen LogP contribution in [-0.2, 0) is 0 Å². The molecule has 1 aromatic carbocycles. The lowest BCUT2D eigenvalue weighted by Crippen LogP contribution is -2.43. The molecule has 0 spiro atoms. The largest absolute Gasteiger partial charge is 0.335 e. The maximum absolute atomic E-state index is 12.1. The topological polar surface area (TPSA) is 32.3 Å². The van der Waals surface area contributed by atoms with Crippen molar-refractivity contribution in [1.29, 1.82) is 0 Å². The number of nitrogens with zero attached hydrogens (tertiary/aromatic N) is 1. The highest BCUT2D eigenvalue weighted by Crippen LogP contribution is 2.19. The third kappa shape index (κ3) is 3.25. The van der Waals surface area contributed by atoms with E-state index in [0.717, 1.165) is 18.5 Å². The lowest BCUT2D eigenvalue weighted by Gasteiger charge is -2.26. The number of hydrogen-bond donors (Lipinski definition) is 1. The zero-order valence-corrected chi connectivity index (χ0v) is 11.3. The van der Waals surface area contributed by atoms with Crippen LogP contribution in [0.1, 0.15) is 37.7 Å². The number of nitrogens with one attached hydrogen (secondary N) is 1. The van der Waals surface area contributed by atoms with E-state index in [9.17, 15) is 4.79 Å². The van der Waals surface area contributed by atoms with Crippen LogP contribution in [0.3, 0.4) is 0 Å². The van der Waals surface area contributed by atoms with Gasteiger partial charge in [0.2, 0.25) is 0 Å². The van der Waals surface area contributed by atoms with Crippen molar-refractivity contribution in [3.8, 4) is 0 Å². The van der Waals surface area contributed by atoms with Gasteiger partial charge in [0.05, 0.1) is 0 Å². The van der Waals surface area contributed by atoms with E-state index < -0.39 is 0 Å². The van der Waals surface area contributed by atoms with Gasteiger partial charge >= 0.3 is 6.03 Å². The molecule has 2 rings (SSSR count). The Kier molecular flexibility index (Phi) is 4.24. The summed E-state index contributed by atoms with van der Waals surface area (Å²) in [5.74, 6) is 0. The van der Waals surface area contributed by atoms with Crippen LogP contribution in [0.4, 0.5) is 10.5 Å². The van der Waals surface area contributed by atoms with Gasteiger partial charge in [-0.2, -0.15) is 0 Å². The minimum absolute atomic E-state index is 0.00694. The lowest BCUT2D eigenvalue weighted by molar-refractivity contribution is 0.239. The molecule has 98 valence electrons. The molecule has 0 radical (unpaired) electrons. The van der Waals surface area contributed by atoms with Crippen LogP contribution < -0.4 is 10.2 Å². The number of carbonyl (C=O) groups is 1. The van der Waals surface area contributed by atoms with Gasteiger partial charge in [0, 0.05) is 18.8 Å². The van der Waals surface area contributed by atoms with Gasteiger partial charge in [-0.15, -0.1) is 0 Å². The van der Waals surface area contributed by atoms with Gasteiger partial charge in [-0.25, -0.2) is 4.79 Å². The van der Waals surface area contributed by atoms with Crippen molar-refractivity contribution in [3.63, 3.8) is 0 Å². The Bertz CT molecular complexity index is 411. The number of benzene rings is 1. The fourth-order valence-corrected chi connectivity index (χ4v) is 2.47. The van der Waals surface area contributed by atoms with Crippen molar-refractivity contribution < 1.29 is 4.79 Å². The van der Waals surface area contributed by atoms with Gasteiger partial charge in [0.15, 0.2) is 0 Å². The molecule has 0 bridgehead atoms. The van der Waals surface area contributed by atoms with Crippen LogP contribution in [0, 0.1) is 6.92 Å². The summed E-state index contributed by atoms with van der Waals surface area (Å²) in [4.78, 5) is 13.8. The summed E-state index contributed by atoms with van der Waals surface area (Å²) in [6, 6.07) is 8.38. The average molecular weight is 246 g/mol. The first-order valence-electron chi connectivity index (χ1n) is 6.78. The van der Waals surface area contributed by atoms with Crippen LogP contribution in [0.5, 0.6) is 0 Å². The highest BCUT2D eigenvalue weighted by molar-refractivity contribution is 5.91. The second-order valence-electron chi connectivity index (χ2n) is 5.18. The Morgan fingerprint density at radius 3 is 2.67 bits per heavy atom. The predicted octanol–water partition coefficient (Wildman–Crippen LogP) is 3.47. The summed E-state index contributed by atoms with van der Waals surface area (Å²) in [5.41, 5.74) is 2.12. The SMILES string of the molecule is Cc1cccc(N(C)C(=O)NC2CCCCC2)c1. The number of anilines is 1. The number of urea groups is 1. The molecule has 1 fully saturated rings. The predicted molar refractivity (Wildman–Crippen MR) is 75.0 cm³/mol. The second-order valence-corrected chi connectivity index (χ2v) is 5.18. The van der Waals surface area contributed by atoms with Gasteiger partial charge in [-0.3, -0.25) is 4.90 Å². The highest BCUT2D eigenvalue weighted by Gasteiger charge is 2.18. The van der Waals surface area contributed by atoms with Crippen LogP contribution in [0.25, 0.3) is 0 Å². The Labute approximate surface area is 109 Å². The van der Waals surface area contributed by atoms with Gasteiger partial charge in [-0.05, 0) is 37.5 Å². The van der Waals surface area contributed by atoms with E-state index in [0.29, 0.717) is 6.04 Å². The molecule has 1 saturated carbocycles. The number of rotatable bonds is 2. The van der Waals surface area contributed by atoms with Crippen molar-refractivity contribution >= 4 is 11.7 Å². The number of carbonyl (C=O) groups excluding carboxylic acids is 1.